The standard InChI is InChI=1S/C25H23ClN2O4/c1-17(32-23-6-4-3-5-22(23)26)25(30)28-20-12-10-19(11-13-20)27-24(29)16-9-18-7-14-21(31-2)15-8-18/h3-17H,1-2H3,(H,27,29)(H,28,30)/b16-9+. The van der Waals surface area contributed by atoms with E-state index < -0.39 is 6.10 Å². The Hall–Kier alpha value is -3.77. The summed E-state index contributed by atoms with van der Waals surface area (Å²) in [7, 11) is 1.60. The van der Waals surface area contributed by atoms with Crippen molar-refractivity contribution in [2.45, 2.75) is 13.0 Å². The molecule has 0 heterocycles. The van der Waals surface area contributed by atoms with Crippen molar-refractivity contribution in [3.63, 3.8) is 0 Å². The predicted octanol–water partition coefficient (Wildman–Crippen LogP) is 5.41. The van der Waals surface area contributed by atoms with Crippen LogP contribution in [0.1, 0.15) is 12.5 Å². The van der Waals surface area contributed by atoms with Crippen molar-refractivity contribution < 1.29 is 19.1 Å². The van der Waals surface area contributed by atoms with Gasteiger partial charge in [-0.1, -0.05) is 35.9 Å². The van der Waals surface area contributed by atoms with E-state index in [2.05, 4.69) is 10.6 Å². The zero-order valence-electron chi connectivity index (χ0n) is 17.7. The molecule has 0 saturated heterocycles. The molecule has 0 bridgehead atoms. The number of nitrogens with one attached hydrogen (secondary N) is 2. The highest BCUT2D eigenvalue weighted by atomic mass is 35.5. The molecule has 0 aliphatic heterocycles. The zero-order valence-corrected chi connectivity index (χ0v) is 18.4. The summed E-state index contributed by atoms with van der Waals surface area (Å²) in [6.07, 6.45) is 2.42. The van der Waals surface area contributed by atoms with Crippen molar-refractivity contribution in [1.29, 1.82) is 0 Å². The lowest BCUT2D eigenvalue weighted by atomic mass is 10.2. The van der Waals surface area contributed by atoms with Crippen LogP contribution < -0.4 is 20.1 Å². The number of hydrogen-bond donors (Lipinski definition) is 2. The fourth-order valence-electron chi connectivity index (χ4n) is 2.74. The van der Waals surface area contributed by atoms with Gasteiger partial charge in [-0.3, -0.25) is 9.59 Å². The molecular weight excluding hydrogens is 428 g/mol. The maximum absolute atomic E-state index is 12.4. The Morgan fingerprint density at radius 2 is 1.53 bits per heavy atom. The molecule has 0 spiro atoms. The number of methoxy groups -OCH3 is 1. The number of para-hydroxylation sites is 1. The number of carbonyl (C=O) groups excluding carboxylic acids is 2. The van der Waals surface area contributed by atoms with Crippen molar-refractivity contribution >= 4 is 40.9 Å². The summed E-state index contributed by atoms with van der Waals surface area (Å²) in [6.45, 7) is 1.64. The summed E-state index contributed by atoms with van der Waals surface area (Å²) in [5, 5.41) is 5.99. The summed E-state index contributed by atoms with van der Waals surface area (Å²) in [4.78, 5) is 24.5. The highest BCUT2D eigenvalue weighted by Gasteiger charge is 2.16. The lowest BCUT2D eigenvalue weighted by Gasteiger charge is -2.15. The molecule has 3 aromatic carbocycles. The van der Waals surface area contributed by atoms with E-state index in [1.807, 2.05) is 24.3 Å². The minimum atomic E-state index is -0.739. The van der Waals surface area contributed by atoms with Crippen molar-refractivity contribution in [2.24, 2.45) is 0 Å². The number of rotatable bonds is 8. The quantitative estimate of drug-likeness (QED) is 0.450. The second kappa shape index (κ2) is 11.0. The Balaban J connectivity index is 1.51. The summed E-state index contributed by atoms with van der Waals surface area (Å²) in [5.74, 6) is 0.615. The fourth-order valence-corrected chi connectivity index (χ4v) is 2.92. The molecule has 164 valence electrons. The van der Waals surface area contributed by atoms with E-state index in [0.717, 1.165) is 11.3 Å². The third kappa shape index (κ3) is 6.62. The molecular formula is C25H23ClN2O4. The Morgan fingerprint density at radius 3 is 2.16 bits per heavy atom. The highest BCUT2D eigenvalue weighted by molar-refractivity contribution is 6.32. The Labute approximate surface area is 191 Å². The summed E-state index contributed by atoms with van der Waals surface area (Å²) in [5.41, 5.74) is 2.07. The SMILES string of the molecule is COc1ccc(/C=C/C(=O)Nc2ccc(NC(=O)C(C)Oc3ccccc3Cl)cc2)cc1. The summed E-state index contributed by atoms with van der Waals surface area (Å²) in [6, 6.07) is 21.1. The van der Waals surface area contributed by atoms with Crippen LogP contribution in [0.15, 0.2) is 78.9 Å². The van der Waals surface area contributed by atoms with E-state index in [9.17, 15) is 9.59 Å². The Morgan fingerprint density at radius 1 is 0.906 bits per heavy atom. The van der Waals surface area contributed by atoms with Crippen LogP contribution in [-0.4, -0.2) is 25.0 Å². The van der Waals surface area contributed by atoms with Gasteiger partial charge >= 0.3 is 0 Å². The number of anilines is 2. The largest absolute Gasteiger partial charge is 0.497 e. The zero-order chi connectivity index (χ0) is 22.9. The van der Waals surface area contributed by atoms with E-state index in [1.54, 1.807) is 68.6 Å². The van der Waals surface area contributed by atoms with Crippen LogP contribution >= 0.6 is 11.6 Å². The molecule has 2 amide bonds. The molecule has 3 aromatic rings. The fraction of sp³-hybridized carbons (Fsp3) is 0.120. The minimum Gasteiger partial charge on any atom is -0.497 e. The van der Waals surface area contributed by atoms with Crippen molar-refractivity contribution in [2.75, 3.05) is 17.7 Å². The van der Waals surface area contributed by atoms with Crippen LogP contribution in [0.4, 0.5) is 11.4 Å². The Bertz CT molecular complexity index is 1100. The molecule has 0 radical (unpaired) electrons. The number of halogens is 1. The lowest BCUT2D eigenvalue weighted by Crippen LogP contribution is -2.30. The van der Waals surface area contributed by atoms with Gasteiger partial charge in [-0.05, 0) is 67.1 Å². The van der Waals surface area contributed by atoms with Crippen molar-refractivity contribution in [3.05, 3.63) is 89.5 Å². The number of carbonyl (C=O) groups is 2. The Kier molecular flexibility index (Phi) is 7.89. The molecule has 1 unspecified atom stereocenters. The van der Waals surface area contributed by atoms with Gasteiger partial charge in [-0.25, -0.2) is 0 Å². The highest BCUT2D eigenvalue weighted by Crippen LogP contribution is 2.24. The third-order valence-corrected chi connectivity index (χ3v) is 4.78. The first kappa shape index (κ1) is 22.9. The third-order valence-electron chi connectivity index (χ3n) is 4.47. The maximum atomic E-state index is 12.4. The molecule has 6 nitrogen and oxygen atoms in total. The van der Waals surface area contributed by atoms with Gasteiger partial charge in [0.25, 0.3) is 5.91 Å². The number of amides is 2. The van der Waals surface area contributed by atoms with E-state index in [1.165, 1.54) is 6.08 Å². The normalized spacial score (nSPS) is 11.6. The maximum Gasteiger partial charge on any atom is 0.265 e. The molecule has 2 N–H and O–H groups in total. The van der Waals surface area contributed by atoms with Crippen molar-refractivity contribution in [3.8, 4) is 11.5 Å². The predicted molar refractivity (Wildman–Crippen MR) is 127 cm³/mol. The molecule has 3 rings (SSSR count). The molecule has 0 saturated carbocycles. The second-order valence-electron chi connectivity index (χ2n) is 6.85. The number of benzene rings is 3. The van der Waals surface area contributed by atoms with Crippen LogP contribution in [0.3, 0.4) is 0 Å². The van der Waals surface area contributed by atoms with Gasteiger partial charge in [0.2, 0.25) is 5.91 Å². The van der Waals surface area contributed by atoms with Gasteiger partial charge in [0, 0.05) is 17.5 Å². The molecule has 1 atom stereocenters. The van der Waals surface area contributed by atoms with Gasteiger partial charge in [-0.2, -0.15) is 0 Å². The van der Waals surface area contributed by atoms with Crippen LogP contribution in [0, 0.1) is 0 Å². The summed E-state index contributed by atoms with van der Waals surface area (Å²) >= 11 is 6.06. The van der Waals surface area contributed by atoms with E-state index in [0.29, 0.717) is 22.1 Å². The number of hydrogen-bond acceptors (Lipinski definition) is 4. The second-order valence-corrected chi connectivity index (χ2v) is 7.26. The topological polar surface area (TPSA) is 76.7 Å². The molecule has 0 aromatic heterocycles. The van der Waals surface area contributed by atoms with Crippen LogP contribution in [0.2, 0.25) is 5.02 Å². The summed E-state index contributed by atoms with van der Waals surface area (Å²) < 4.78 is 10.7. The minimum absolute atomic E-state index is 0.264. The molecule has 0 aliphatic rings. The smallest absolute Gasteiger partial charge is 0.265 e. The molecule has 0 fully saturated rings. The molecule has 0 aliphatic carbocycles. The monoisotopic (exact) mass is 450 g/mol. The van der Waals surface area contributed by atoms with Gasteiger partial charge in [-0.15, -0.1) is 0 Å². The average molecular weight is 451 g/mol. The van der Waals surface area contributed by atoms with Gasteiger partial charge in [0.1, 0.15) is 11.5 Å². The van der Waals surface area contributed by atoms with Crippen LogP contribution in [0.25, 0.3) is 6.08 Å². The van der Waals surface area contributed by atoms with E-state index in [-0.39, 0.29) is 11.8 Å². The van der Waals surface area contributed by atoms with Crippen LogP contribution in [-0.2, 0) is 9.59 Å². The molecule has 32 heavy (non-hydrogen) atoms. The van der Waals surface area contributed by atoms with Crippen molar-refractivity contribution in [1.82, 2.24) is 0 Å². The average Bonchev–Trinajstić information content (AvgIpc) is 2.80. The van der Waals surface area contributed by atoms with E-state index >= 15 is 0 Å². The first-order chi connectivity index (χ1) is 15.4. The van der Waals surface area contributed by atoms with E-state index in [4.69, 9.17) is 21.1 Å². The first-order valence-electron chi connectivity index (χ1n) is 9.90. The molecule has 7 heteroatoms. The van der Waals surface area contributed by atoms with Gasteiger partial charge in [0.15, 0.2) is 6.10 Å². The van der Waals surface area contributed by atoms with Crippen LogP contribution in [0.5, 0.6) is 11.5 Å². The lowest BCUT2D eigenvalue weighted by molar-refractivity contribution is -0.122. The van der Waals surface area contributed by atoms with Gasteiger partial charge in [0.05, 0.1) is 12.1 Å². The first-order valence-corrected chi connectivity index (χ1v) is 10.3. The number of ether oxygens (including phenoxy) is 2. The van der Waals surface area contributed by atoms with Gasteiger partial charge < -0.3 is 20.1 Å².